The Morgan fingerprint density at radius 3 is 2.47 bits per heavy atom. The number of rotatable bonds is 4. The summed E-state index contributed by atoms with van der Waals surface area (Å²) in [5.74, 6) is 0.0593. The molecule has 11 heteroatoms. The molecule has 1 fully saturated rings. The number of hydrogen-bond acceptors (Lipinski definition) is 7. The van der Waals surface area contributed by atoms with E-state index in [0.717, 1.165) is 11.4 Å². The molecule has 0 aromatic heterocycles. The van der Waals surface area contributed by atoms with Crippen molar-refractivity contribution in [1.29, 1.82) is 0 Å². The number of carbonyl (C=O) groups excluding carboxylic acids is 1. The van der Waals surface area contributed by atoms with Gasteiger partial charge in [-0.3, -0.25) is 4.90 Å². The number of nitrogens with two attached hydrogens (primary N) is 1. The zero-order valence-corrected chi connectivity index (χ0v) is 11.3. The van der Waals surface area contributed by atoms with Crippen LogP contribution in [0.2, 0.25) is 0 Å². The molecule has 0 atom stereocenters. The van der Waals surface area contributed by atoms with Gasteiger partial charge in [0.05, 0.1) is 13.7 Å². The predicted molar refractivity (Wildman–Crippen MR) is 65.9 cm³/mol. The van der Waals surface area contributed by atoms with Crippen LogP contribution in [0, 0.1) is 0 Å². The zero-order valence-electron chi connectivity index (χ0n) is 10.4. The lowest BCUT2D eigenvalue weighted by Crippen LogP contribution is -2.54. The SMILES string of the molecule is COC(=O)NS(=O)(=O)N1CCN(CC(N)=NO)CC1. The Morgan fingerprint density at radius 1 is 1.42 bits per heavy atom. The number of amides is 1. The molecule has 19 heavy (non-hydrogen) atoms. The Hall–Kier alpha value is -1.59. The fourth-order valence-electron chi connectivity index (χ4n) is 1.60. The summed E-state index contributed by atoms with van der Waals surface area (Å²) in [6.45, 7) is 1.49. The van der Waals surface area contributed by atoms with Crippen molar-refractivity contribution >= 4 is 22.1 Å². The first kappa shape index (κ1) is 15.5. The molecule has 0 unspecified atom stereocenters. The summed E-state index contributed by atoms with van der Waals surface area (Å²) in [7, 11) is -2.80. The lowest BCUT2D eigenvalue weighted by Gasteiger charge is -2.33. The van der Waals surface area contributed by atoms with Crippen LogP contribution in [0.1, 0.15) is 0 Å². The summed E-state index contributed by atoms with van der Waals surface area (Å²) in [5.41, 5.74) is 5.36. The van der Waals surface area contributed by atoms with Crippen LogP contribution in [-0.4, -0.2) is 74.6 Å². The molecule has 0 aliphatic carbocycles. The number of methoxy groups -OCH3 is 1. The number of ether oxygens (including phenoxy) is 1. The molecule has 4 N–H and O–H groups in total. The first-order chi connectivity index (χ1) is 8.89. The molecule has 0 spiro atoms. The highest BCUT2D eigenvalue weighted by Crippen LogP contribution is 2.05. The van der Waals surface area contributed by atoms with E-state index < -0.39 is 16.3 Å². The monoisotopic (exact) mass is 295 g/mol. The molecule has 1 amide bonds. The van der Waals surface area contributed by atoms with Gasteiger partial charge in [-0.1, -0.05) is 5.16 Å². The third-order valence-electron chi connectivity index (χ3n) is 2.58. The summed E-state index contributed by atoms with van der Waals surface area (Å²) in [6.07, 6.45) is -1.03. The van der Waals surface area contributed by atoms with Gasteiger partial charge in [0, 0.05) is 26.2 Å². The van der Waals surface area contributed by atoms with Crippen molar-refractivity contribution in [3.8, 4) is 0 Å². The standard InChI is InChI=1S/C8H17N5O5S/c1-18-8(14)11-19(16,17)13-4-2-12(3-5-13)6-7(9)10-15/h15H,2-6H2,1H3,(H2,9,10)(H,11,14). The van der Waals surface area contributed by atoms with Crippen molar-refractivity contribution in [3.05, 3.63) is 0 Å². The van der Waals surface area contributed by atoms with E-state index in [2.05, 4.69) is 9.89 Å². The Kier molecular flexibility index (Phi) is 5.32. The van der Waals surface area contributed by atoms with Gasteiger partial charge in [0.15, 0.2) is 5.84 Å². The van der Waals surface area contributed by atoms with Crippen molar-refractivity contribution < 1.29 is 23.2 Å². The molecular formula is C8H17N5O5S. The van der Waals surface area contributed by atoms with Gasteiger partial charge in [0.2, 0.25) is 0 Å². The van der Waals surface area contributed by atoms with Crippen LogP contribution < -0.4 is 10.5 Å². The van der Waals surface area contributed by atoms with Gasteiger partial charge in [-0.05, 0) is 0 Å². The summed E-state index contributed by atoms with van der Waals surface area (Å²) >= 11 is 0. The molecule has 0 radical (unpaired) electrons. The maximum atomic E-state index is 11.7. The number of piperazine rings is 1. The topological polar surface area (TPSA) is 138 Å². The summed E-state index contributed by atoms with van der Waals surface area (Å²) < 4.78 is 30.6. The van der Waals surface area contributed by atoms with E-state index in [-0.39, 0.29) is 25.5 Å². The van der Waals surface area contributed by atoms with Crippen LogP contribution >= 0.6 is 0 Å². The highest BCUT2D eigenvalue weighted by Gasteiger charge is 2.28. The molecule has 1 aliphatic heterocycles. The minimum Gasteiger partial charge on any atom is -0.452 e. The molecule has 1 heterocycles. The Labute approximate surface area is 111 Å². The number of amidine groups is 1. The second-order valence-corrected chi connectivity index (χ2v) is 5.54. The second kappa shape index (κ2) is 6.54. The Morgan fingerprint density at radius 2 is 2.00 bits per heavy atom. The average molecular weight is 295 g/mol. The van der Waals surface area contributed by atoms with Crippen molar-refractivity contribution in [2.75, 3.05) is 39.8 Å². The van der Waals surface area contributed by atoms with Gasteiger partial charge < -0.3 is 15.7 Å². The third-order valence-corrected chi connectivity index (χ3v) is 4.05. The molecule has 0 saturated carbocycles. The highest BCUT2D eigenvalue weighted by atomic mass is 32.2. The Bertz CT molecular complexity index is 442. The second-order valence-electron chi connectivity index (χ2n) is 3.87. The predicted octanol–water partition coefficient (Wildman–Crippen LogP) is -2.05. The molecule has 10 nitrogen and oxygen atoms in total. The fraction of sp³-hybridized carbons (Fsp3) is 0.750. The molecule has 1 saturated heterocycles. The van der Waals surface area contributed by atoms with Gasteiger partial charge in [-0.2, -0.15) is 12.7 Å². The fourth-order valence-corrected chi connectivity index (χ4v) is 2.67. The van der Waals surface area contributed by atoms with Gasteiger partial charge in [-0.25, -0.2) is 9.52 Å². The van der Waals surface area contributed by atoms with E-state index in [9.17, 15) is 13.2 Å². The van der Waals surface area contributed by atoms with Crippen molar-refractivity contribution in [2.45, 2.75) is 0 Å². The number of carbonyl (C=O) groups is 1. The van der Waals surface area contributed by atoms with Crippen LogP contribution in [0.3, 0.4) is 0 Å². The van der Waals surface area contributed by atoms with E-state index in [4.69, 9.17) is 10.9 Å². The quantitative estimate of drug-likeness (QED) is 0.235. The van der Waals surface area contributed by atoms with E-state index >= 15 is 0 Å². The maximum absolute atomic E-state index is 11.7. The first-order valence-electron chi connectivity index (χ1n) is 5.43. The average Bonchev–Trinajstić information content (AvgIpc) is 2.38. The number of nitrogens with zero attached hydrogens (tertiary/aromatic N) is 3. The molecule has 0 aromatic carbocycles. The largest absolute Gasteiger partial charge is 0.452 e. The van der Waals surface area contributed by atoms with E-state index in [1.165, 1.54) is 0 Å². The maximum Gasteiger partial charge on any atom is 0.421 e. The highest BCUT2D eigenvalue weighted by molar-refractivity contribution is 7.87. The molecule has 1 rings (SSSR count). The minimum atomic E-state index is -3.88. The lowest BCUT2D eigenvalue weighted by atomic mass is 10.3. The summed E-state index contributed by atoms with van der Waals surface area (Å²) in [6, 6.07) is 0. The minimum absolute atomic E-state index is 0.0593. The van der Waals surface area contributed by atoms with Crippen LogP contribution in [0.25, 0.3) is 0 Å². The van der Waals surface area contributed by atoms with E-state index in [1.54, 1.807) is 4.72 Å². The molecule has 110 valence electrons. The number of hydrogen-bond donors (Lipinski definition) is 3. The lowest BCUT2D eigenvalue weighted by molar-refractivity contribution is 0.174. The van der Waals surface area contributed by atoms with Gasteiger partial charge in [0.1, 0.15) is 0 Å². The molecule has 0 bridgehead atoms. The normalized spacial score (nSPS) is 19.1. The first-order valence-corrected chi connectivity index (χ1v) is 6.87. The van der Waals surface area contributed by atoms with Gasteiger partial charge in [-0.15, -0.1) is 0 Å². The smallest absolute Gasteiger partial charge is 0.421 e. The Balaban J connectivity index is 2.51. The zero-order chi connectivity index (χ0) is 14.5. The molecule has 0 aromatic rings. The summed E-state index contributed by atoms with van der Waals surface area (Å²) in [4.78, 5) is 12.7. The van der Waals surface area contributed by atoms with Crippen LogP contribution in [0.5, 0.6) is 0 Å². The van der Waals surface area contributed by atoms with Gasteiger partial charge >= 0.3 is 16.3 Å². The van der Waals surface area contributed by atoms with Gasteiger partial charge in [0.25, 0.3) is 0 Å². The van der Waals surface area contributed by atoms with Crippen LogP contribution in [0.15, 0.2) is 5.16 Å². The third kappa shape index (κ3) is 4.54. The summed E-state index contributed by atoms with van der Waals surface area (Å²) in [5, 5.41) is 11.3. The van der Waals surface area contributed by atoms with Crippen molar-refractivity contribution in [1.82, 2.24) is 13.9 Å². The van der Waals surface area contributed by atoms with Crippen molar-refractivity contribution in [3.63, 3.8) is 0 Å². The number of nitrogens with one attached hydrogen (secondary N) is 1. The van der Waals surface area contributed by atoms with Crippen molar-refractivity contribution in [2.24, 2.45) is 10.9 Å². The van der Waals surface area contributed by atoms with Crippen LogP contribution in [-0.2, 0) is 14.9 Å². The number of oxime groups is 1. The molecular weight excluding hydrogens is 278 g/mol. The molecule has 1 aliphatic rings. The van der Waals surface area contributed by atoms with E-state index in [1.807, 2.05) is 4.90 Å². The van der Waals surface area contributed by atoms with Crippen LogP contribution in [0.4, 0.5) is 4.79 Å². The van der Waals surface area contributed by atoms with E-state index in [0.29, 0.717) is 13.1 Å².